The van der Waals surface area contributed by atoms with Gasteiger partial charge in [0.15, 0.2) is 5.82 Å². The summed E-state index contributed by atoms with van der Waals surface area (Å²) in [5.74, 6) is 1.47. The first-order valence-electron chi connectivity index (χ1n) is 6.48. The van der Waals surface area contributed by atoms with E-state index < -0.39 is 0 Å². The zero-order valence-electron chi connectivity index (χ0n) is 11.7. The first-order chi connectivity index (χ1) is 8.60. The fourth-order valence-electron chi connectivity index (χ4n) is 2.18. The molecule has 2 unspecified atom stereocenters. The Bertz CT molecular complexity index is 380. The van der Waals surface area contributed by atoms with Crippen LogP contribution >= 0.6 is 0 Å². The van der Waals surface area contributed by atoms with Gasteiger partial charge in [0.1, 0.15) is 0 Å². The van der Waals surface area contributed by atoms with E-state index in [1.54, 1.807) is 0 Å². The molecule has 1 N–H and O–H groups in total. The first kappa shape index (κ1) is 13.5. The molecule has 1 saturated heterocycles. The van der Waals surface area contributed by atoms with Gasteiger partial charge in [-0.2, -0.15) is 4.98 Å². The number of nitrogens with one attached hydrogen (secondary N) is 1. The van der Waals surface area contributed by atoms with Crippen LogP contribution in [0.2, 0.25) is 0 Å². The molecular formula is C12H23N5O. The smallest absolute Gasteiger partial charge is 0.243 e. The van der Waals surface area contributed by atoms with Gasteiger partial charge in [0, 0.05) is 32.1 Å². The summed E-state index contributed by atoms with van der Waals surface area (Å²) in [6.07, 6.45) is 0.848. The van der Waals surface area contributed by atoms with Crippen molar-refractivity contribution in [1.29, 1.82) is 0 Å². The minimum Gasteiger partial charge on any atom is -0.338 e. The van der Waals surface area contributed by atoms with E-state index >= 15 is 0 Å². The molecule has 1 fully saturated rings. The average Bonchev–Trinajstić information content (AvgIpc) is 2.81. The topological polar surface area (TPSA) is 57.4 Å². The van der Waals surface area contributed by atoms with Crippen molar-refractivity contribution in [3.63, 3.8) is 0 Å². The third-order valence-corrected chi connectivity index (χ3v) is 3.69. The summed E-state index contributed by atoms with van der Waals surface area (Å²) in [6, 6.07) is 0.581. The van der Waals surface area contributed by atoms with E-state index in [4.69, 9.17) is 4.52 Å². The summed E-state index contributed by atoms with van der Waals surface area (Å²) in [5, 5.41) is 7.17. The van der Waals surface area contributed by atoms with E-state index in [-0.39, 0.29) is 6.04 Å². The lowest BCUT2D eigenvalue weighted by Gasteiger charge is -2.37. The molecule has 0 spiro atoms. The molecule has 1 aromatic heterocycles. The van der Waals surface area contributed by atoms with Gasteiger partial charge in [0.05, 0.1) is 6.04 Å². The van der Waals surface area contributed by atoms with Crippen LogP contribution in [0.5, 0.6) is 0 Å². The van der Waals surface area contributed by atoms with E-state index in [2.05, 4.69) is 39.4 Å². The number of hydrogen-bond acceptors (Lipinski definition) is 6. The van der Waals surface area contributed by atoms with Crippen LogP contribution < -0.4 is 5.32 Å². The molecule has 0 radical (unpaired) electrons. The van der Waals surface area contributed by atoms with Gasteiger partial charge in [0.25, 0.3) is 0 Å². The molecular weight excluding hydrogens is 230 g/mol. The SMILES string of the molecule is CNC(C)c1nc(CC2CN(C)CCN2C)no1. The van der Waals surface area contributed by atoms with Crippen molar-refractivity contribution in [3.05, 3.63) is 11.7 Å². The minimum absolute atomic E-state index is 0.109. The lowest BCUT2D eigenvalue weighted by molar-refractivity contribution is 0.113. The maximum absolute atomic E-state index is 5.27. The van der Waals surface area contributed by atoms with Crippen LogP contribution in [0, 0.1) is 0 Å². The summed E-state index contributed by atoms with van der Waals surface area (Å²) >= 11 is 0. The van der Waals surface area contributed by atoms with Crippen molar-refractivity contribution in [2.24, 2.45) is 0 Å². The van der Waals surface area contributed by atoms with Gasteiger partial charge in [-0.1, -0.05) is 5.16 Å². The van der Waals surface area contributed by atoms with Crippen LogP contribution in [-0.2, 0) is 6.42 Å². The predicted molar refractivity (Wildman–Crippen MR) is 69.4 cm³/mol. The number of aromatic nitrogens is 2. The number of hydrogen-bond donors (Lipinski definition) is 1. The number of likely N-dealkylation sites (N-methyl/N-ethyl adjacent to an activating group) is 2. The highest BCUT2D eigenvalue weighted by atomic mass is 16.5. The number of piperazine rings is 1. The van der Waals surface area contributed by atoms with E-state index in [0.29, 0.717) is 11.9 Å². The quantitative estimate of drug-likeness (QED) is 0.823. The maximum Gasteiger partial charge on any atom is 0.243 e. The zero-order valence-corrected chi connectivity index (χ0v) is 11.7. The van der Waals surface area contributed by atoms with E-state index in [1.807, 2.05) is 14.0 Å². The van der Waals surface area contributed by atoms with Crippen molar-refractivity contribution >= 4 is 0 Å². The van der Waals surface area contributed by atoms with Gasteiger partial charge in [-0.25, -0.2) is 0 Å². The highest BCUT2D eigenvalue weighted by molar-refractivity contribution is 4.95. The standard InChI is InChI=1S/C12H23N5O/c1-9(13-2)12-14-11(15-18-12)7-10-8-16(3)5-6-17(10)4/h9-10,13H,5-8H2,1-4H3. The van der Waals surface area contributed by atoms with Crippen molar-refractivity contribution in [1.82, 2.24) is 25.3 Å². The molecule has 1 aromatic rings. The summed E-state index contributed by atoms with van der Waals surface area (Å²) in [5.41, 5.74) is 0. The molecule has 0 saturated carbocycles. The summed E-state index contributed by atoms with van der Waals surface area (Å²) in [6.45, 7) is 5.29. The monoisotopic (exact) mass is 253 g/mol. The van der Waals surface area contributed by atoms with E-state index in [1.165, 1.54) is 0 Å². The summed E-state index contributed by atoms with van der Waals surface area (Å²) in [4.78, 5) is 9.17. The number of nitrogens with zero attached hydrogens (tertiary/aromatic N) is 4. The summed E-state index contributed by atoms with van der Waals surface area (Å²) < 4.78 is 5.27. The fraction of sp³-hybridized carbons (Fsp3) is 0.833. The second kappa shape index (κ2) is 5.77. The Morgan fingerprint density at radius 2 is 2.22 bits per heavy atom. The largest absolute Gasteiger partial charge is 0.338 e. The van der Waals surface area contributed by atoms with Crippen molar-refractivity contribution in [2.75, 3.05) is 40.8 Å². The van der Waals surface area contributed by atoms with Crippen LogP contribution in [0.15, 0.2) is 4.52 Å². The van der Waals surface area contributed by atoms with Crippen LogP contribution in [0.3, 0.4) is 0 Å². The van der Waals surface area contributed by atoms with Gasteiger partial charge in [-0.05, 0) is 28.1 Å². The third kappa shape index (κ3) is 3.07. The van der Waals surface area contributed by atoms with Gasteiger partial charge >= 0.3 is 0 Å². The normalized spacial score (nSPS) is 24.3. The molecule has 102 valence electrons. The molecule has 0 bridgehead atoms. The Morgan fingerprint density at radius 3 is 2.94 bits per heavy atom. The molecule has 6 heteroatoms. The van der Waals surface area contributed by atoms with Crippen molar-refractivity contribution < 1.29 is 4.52 Å². The molecule has 0 aliphatic carbocycles. The van der Waals surface area contributed by atoms with Crippen LogP contribution in [0.25, 0.3) is 0 Å². The molecule has 2 heterocycles. The second-order valence-corrected chi connectivity index (χ2v) is 5.16. The van der Waals surface area contributed by atoms with Crippen molar-refractivity contribution in [3.8, 4) is 0 Å². The summed E-state index contributed by atoms with van der Waals surface area (Å²) in [7, 11) is 6.21. The van der Waals surface area contributed by atoms with E-state index in [9.17, 15) is 0 Å². The molecule has 18 heavy (non-hydrogen) atoms. The van der Waals surface area contributed by atoms with Crippen LogP contribution in [-0.4, -0.2) is 66.8 Å². The lowest BCUT2D eigenvalue weighted by Crippen LogP contribution is -2.50. The molecule has 1 aliphatic rings. The Hall–Kier alpha value is -0.980. The molecule has 2 atom stereocenters. The van der Waals surface area contributed by atoms with Gasteiger partial charge in [-0.15, -0.1) is 0 Å². The minimum atomic E-state index is 0.109. The molecule has 0 amide bonds. The van der Waals surface area contributed by atoms with E-state index in [0.717, 1.165) is 31.9 Å². The van der Waals surface area contributed by atoms with Crippen LogP contribution in [0.4, 0.5) is 0 Å². The van der Waals surface area contributed by atoms with Crippen molar-refractivity contribution in [2.45, 2.75) is 25.4 Å². The predicted octanol–water partition coefficient (Wildman–Crippen LogP) is 0.138. The Labute approximate surface area is 108 Å². The lowest BCUT2D eigenvalue weighted by atomic mass is 10.1. The highest BCUT2D eigenvalue weighted by Crippen LogP contribution is 2.13. The Kier molecular flexibility index (Phi) is 4.31. The maximum atomic E-state index is 5.27. The Morgan fingerprint density at radius 1 is 1.44 bits per heavy atom. The number of rotatable bonds is 4. The Balaban J connectivity index is 1.98. The highest BCUT2D eigenvalue weighted by Gasteiger charge is 2.24. The van der Waals surface area contributed by atoms with Gasteiger partial charge in [0.2, 0.25) is 5.89 Å². The van der Waals surface area contributed by atoms with Gasteiger partial charge < -0.3 is 19.6 Å². The van der Waals surface area contributed by atoms with Crippen LogP contribution in [0.1, 0.15) is 24.7 Å². The van der Waals surface area contributed by atoms with Gasteiger partial charge in [-0.3, -0.25) is 0 Å². The zero-order chi connectivity index (χ0) is 13.1. The fourth-order valence-corrected chi connectivity index (χ4v) is 2.18. The molecule has 1 aliphatic heterocycles. The second-order valence-electron chi connectivity index (χ2n) is 5.16. The molecule has 0 aromatic carbocycles. The average molecular weight is 253 g/mol. The molecule has 2 rings (SSSR count). The third-order valence-electron chi connectivity index (χ3n) is 3.69. The first-order valence-corrected chi connectivity index (χ1v) is 6.48. The molecule has 6 nitrogen and oxygen atoms in total.